The Labute approximate surface area is 198 Å². The van der Waals surface area contributed by atoms with E-state index in [0.29, 0.717) is 10.5 Å². The standard InChI is InChI=1S/C25H18N2O6S/c1-34-23-11-10-15(12-21(23)27(31)32)24(29)17-7-2-3-8-18(17)25(30)33-14-22(28)19-13-26-20-9-5-4-6-16(19)20/h2-13,26H,14H2,1H3. The highest BCUT2D eigenvalue weighted by atomic mass is 32.2. The number of fused-ring (bicyclic) bond motifs is 1. The highest BCUT2D eigenvalue weighted by Gasteiger charge is 2.23. The van der Waals surface area contributed by atoms with Crippen molar-refractivity contribution >= 4 is 45.9 Å². The Morgan fingerprint density at radius 2 is 1.68 bits per heavy atom. The number of H-pyrrole nitrogens is 1. The third-order valence-corrected chi connectivity index (χ3v) is 6.04. The summed E-state index contributed by atoms with van der Waals surface area (Å²) in [6.07, 6.45) is 3.26. The molecule has 0 bridgehead atoms. The summed E-state index contributed by atoms with van der Waals surface area (Å²) in [6, 6.07) is 17.4. The van der Waals surface area contributed by atoms with Crippen LogP contribution in [0, 0.1) is 10.1 Å². The van der Waals surface area contributed by atoms with Crippen LogP contribution in [0.25, 0.3) is 10.9 Å². The van der Waals surface area contributed by atoms with Gasteiger partial charge in [0.15, 0.2) is 12.4 Å². The van der Waals surface area contributed by atoms with Crippen molar-refractivity contribution in [2.24, 2.45) is 0 Å². The van der Waals surface area contributed by atoms with Crippen LogP contribution < -0.4 is 0 Å². The number of ketones is 2. The van der Waals surface area contributed by atoms with E-state index in [1.165, 1.54) is 42.1 Å². The van der Waals surface area contributed by atoms with Crippen molar-refractivity contribution in [2.45, 2.75) is 4.90 Å². The molecule has 0 fully saturated rings. The number of Topliss-reactive ketones (excluding diaryl/α,β-unsaturated/α-hetero) is 1. The number of esters is 1. The second kappa shape index (κ2) is 9.72. The molecule has 0 aliphatic heterocycles. The van der Waals surface area contributed by atoms with Crippen LogP contribution in [-0.4, -0.2) is 40.3 Å². The van der Waals surface area contributed by atoms with Gasteiger partial charge in [-0.2, -0.15) is 0 Å². The molecule has 0 saturated carbocycles. The number of rotatable bonds is 8. The lowest BCUT2D eigenvalue weighted by Gasteiger charge is -2.09. The number of benzene rings is 3. The van der Waals surface area contributed by atoms with Crippen molar-refractivity contribution in [3.05, 3.63) is 105 Å². The Balaban J connectivity index is 1.55. The van der Waals surface area contributed by atoms with Crippen molar-refractivity contribution in [3.8, 4) is 0 Å². The van der Waals surface area contributed by atoms with Gasteiger partial charge in [-0.1, -0.05) is 36.4 Å². The number of para-hydroxylation sites is 1. The first kappa shape index (κ1) is 22.9. The van der Waals surface area contributed by atoms with Gasteiger partial charge in [-0.05, 0) is 30.5 Å². The minimum Gasteiger partial charge on any atom is -0.454 e. The molecule has 1 aromatic heterocycles. The SMILES string of the molecule is CSc1ccc(C(=O)c2ccccc2C(=O)OCC(=O)c2c[nH]c3ccccc23)cc1[N+](=O)[O-]. The average Bonchev–Trinajstić information content (AvgIpc) is 3.30. The fraction of sp³-hybridized carbons (Fsp3) is 0.0800. The summed E-state index contributed by atoms with van der Waals surface area (Å²) < 4.78 is 5.22. The molecule has 0 unspecified atom stereocenters. The van der Waals surface area contributed by atoms with Gasteiger partial charge >= 0.3 is 5.97 Å². The lowest BCUT2D eigenvalue weighted by atomic mass is 9.98. The zero-order valence-corrected chi connectivity index (χ0v) is 18.8. The van der Waals surface area contributed by atoms with Crippen molar-refractivity contribution in [3.63, 3.8) is 0 Å². The summed E-state index contributed by atoms with van der Waals surface area (Å²) in [6.45, 7) is -0.503. The van der Waals surface area contributed by atoms with E-state index in [1.54, 1.807) is 36.7 Å². The van der Waals surface area contributed by atoms with Gasteiger partial charge in [-0.3, -0.25) is 19.7 Å². The number of carbonyl (C=O) groups is 3. The number of ether oxygens (including phenoxy) is 1. The Morgan fingerprint density at radius 1 is 0.971 bits per heavy atom. The summed E-state index contributed by atoms with van der Waals surface area (Å²) in [5.41, 5.74) is 1.06. The van der Waals surface area contributed by atoms with Gasteiger partial charge in [0, 0.05) is 39.9 Å². The molecule has 1 heterocycles. The highest BCUT2D eigenvalue weighted by Crippen LogP contribution is 2.29. The minimum atomic E-state index is -0.840. The molecule has 0 atom stereocenters. The lowest BCUT2D eigenvalue weighted by molar-refractivity contribution is -0.387. The molecule has 4 aromatic rings. The number of aromatic amines is 1. The van der Waals surface area contributed by atoms with E-state index in [1.807, 2.05) is 12.1 Å². The van der Waals surface area contributed by atoms with E-state index < -0.39 is 29.1 Å². The first-order valence-corrected chi connectivity index (χ1v) is 11.4. The molecular weight excluding hydrogens is 456 g/mol. The number of nitro benzene ring substituents is 1. The zero-order chi connectivity index (χ0) is 24.2. The molecule has 0 spiro atoms. The Kier molecular flexibility index (Phi) is 6.55. The number of nitro groups is 1. The summed E-state index contributed by atoms with van der Waals surface area (Å²) >= 11 is 1.20. The molecule has 3 aromatic carbocycles. The minimum absolute atomic E-state index is 0.0262. The van der Waals surface area contributed by atoms with E-state index >= 15 is 0 Å². The fourth-order valence-electron chi connectivity index (χ4n) is 3.58. The molecular formula is C25H18N2O6S. The molecule has 34 heavy (non-hydrogen) atoms. The Bertz CT molecular complexity index is 1440. The smallest absolute Gasteiger partial charge is 0.339 e. The molecule has 0 aliphatic rings. The lowest BCUT2D eigenvalue weighted by Crippen LogP contribution is -2.17. The van der Waals surface area contributed by atoms with Crippen LogP contribution in [0.1, 0.15) is 36.6 Å². The zero-order valence-electron chi connectivity index (χ0n) is 17.9. The van der Waals surface area contributed by atoms with Crippen molar-refractivity contribution < 1.29 is 24.0 Å². The van der Waals surface area contributed by atoms with Gasteiger partial charge in [-0.25, -0.2) is 4.79 Å². The second-order valence-electron chi connectivity index (χ2n) is 7.27. The molecule has 1 N–H and O–H groups in total. The number of nitrogens with zero attached hydrogens (tertiary/aromatic N) is 1. The van der Waals surface area contributed by atoms with Gasteiger partial charge in [0.05, 0.1) is 15.4 Å². The third kappa shape index (κ3) is 4.46. The first-order chi connectivity index (χ1) is 16.4. The molecule has 8 nitrogen and oxygen atoms in total. The van der Waals surface area contributed by atoms with Crippen LogP contribution in [0.2, 0.25) is 0 Å². The van der Waals surface area contributed by atoms with Gasteiger partial charge in [-0.15, -0.1) is 11.8 Å². The second-order valence-corrected chi connectivity index (χ2v) is 8.11. The summed E-state index contributed by atoms with van der Waals surface area (Å²) in [4.78, 5) is 52.7. The third-order valence-electron chi connectivity index (χ3n) is 5.25. The number of carbonyl (C=O) groups excluding carboxylic acids is 3. The molecule has 0 aliphatic carbocycles. The highest BCUT2D eigenvalue weighted by molar-refractivity contribution is 7.98. The maximum absolute atomic E-state index is 13.1. The maximum atomic E-state index is 13.1. The van der Waals surface area contributed by atoms with Crippen LogP contribution in [0.5, 0.6) is 0 Å². The number of nitrogens with one attached hydrogen (secondary N) is 1. The van der Waals surface area contributed by atoms with Gasteiger partial charge in [0.1, 0.15) is 0 Å². The predicted molar refractivity (Wildman–Crippen MR) is 128 cm³/mol. The topological polar surface area (TPSA) is 119 Å². The number of aromatic nitrogens is 1. The van der Waals surface area contributed by atoms with Crippen molar-refractivity contribution in [2.75, 3.05) is 12.9 Å². The monoisotopic (exact) mass is 474 g/mol. The van der Waals surface area contributed by atoms with Crippen LogP contribution >= 0.6 is 11.8 Å². The van der Waals surface area contributed by atoms with Crippen molar-refractivity contribution in [1.82, 2.24) is 4.98 Å². The van der Waals surface area contributed by atoms with Crippen LogP contribution in [0.4, 0.5) is 5.69 Å². The molecule has 0 amide bonds. The molecule has 9 heteroatoms. The average molecular weight is 474 g/mol. The Morgan fingerprint density at radius 3 is 2.41 bits per heavy atom. The Hall–Kier alpha value is -4.24. The van der Waals surface area contributed by atoms with E-state index in [-0.39, 0.29) is 22.4 Å². The molecule has 0 saturated heterocycles. The van der Waals surface area contributed by atoms with Crippen molar-refractivity contribution in [1.29, 1.82) is 0 Å². The summed E-state index contributed by atoms with van der Waals surface area (Å²) in [5.74, 6) is -1.79. The van der Waals surface area contributed by atoms with E-state index in [0.717, 1.165) is 10.9 Å². The normalized spacial score (nSPS) is 10.7. The van der Waals surface area contributed by atoms with Gasteiger partial charge < -0.3 is 9.72 Å². The van der Waals surface area contributed by atoms with E-state index in [4.69, 9.17) is 4.74 Å². The van der Waals surface area contributed by atoms with Gasteiger partial charge in [0.2, 0.25) is 5.78 Å². The number of thioether (sulfide) groups is 1. The van der Waals surface area contributed by atoms with Crippen LogP contribution in [0.15, 0.2) is 77.8 Å². The first-order valence-electron chi connectivity index (χ1n) is 10.1. The number of hydrogen-bond acceptors (Lipinski definition) is 7. The van der Waals surface area contributed by atoms with E-state index in [9.17, 15) is 24.5 Å². The van der Waals surface area contributed by atoms with Crippen LogP contribution in [-0.2, 0) is 4.74 Å². The molecule has 4 rings (SSSR count). The fourth-order valence-corrected chi connectivity index (χ4v) is 4.12. The quantitative estimate of drug-likeness (QED) is 0.124. The summed E-state index contributed by atoms with van der Waals surface area (Å²) in [5, 5.41) is 12.1. The molecule has 170 valence electrons. The number of hydrogen-bond donors (Lipinski definition) is 1. The largest absolute Gasteiger partial charge is 0.454 e. The van der Waals surface area contributed by atoms with E-state index in [2.05, 4.69) is 4.98 Å². The van der Waals surface area contributed by atoms with Gasteiger partial charge in [0.25, 0.3) is 5.69 Å². The van der Waals surface area contributed by atoms with Crippen LogP contribution in [0.3, 0.4) is 0 Å². The molecule has 0 radical (unpaired) electrons. The predicted octanol–water partition coefficient (Wildman–Crippen LogP) is 5.07. The summed E-state index contributed by atoms with van der Waals surface area (Å²) in [7, 11) is 0. The maximum Gasteiger partial charge on any atom is 0.339 e.